The fraction of sp³-hybridized carbons (Fsp3) is 0.227. The number of nitrogens with zero attached hydrogens (tertiary/aromatic N) is 1. The first-order chi connectivity index (χ1) is 11.9. The molecule has 0 spiro atoms. The largest absolute Gasteiger partial charge is 0.313 e. The Bertz CT molecular complexity index is 936. The molecule has 3 aromatic rings. The molecule has 0 radical (unpaired) electrons. The van der Waals surface area contributed by atoms with Crippen LogP contribution < -0.4 is 0 Å². The van der Waals surface area contributed by atoms with Crippen molar-refractivity contribution in [2.75, 3.05) is 0 Å². The van der Waals surface area contributed by atoms with E-state index in [1.165, 1.54) is 0 Å². The van der Waals surface area contributed by atoms with Gasteiger partial charge in [0, 0.05) is 27.8 Å². The fourth-order valence-corrected chi connectivity index (χ4v) is 3.98. The predicted octanol–water partition coefficient (Wildman–Crippen LogP) is 6.06. The molecule has 0 saturated heterocycles. The minimum Gasteiger partial charge on any atom is -0.313 e. The Morgan fingerprint density at radius 2 is 1.64 bits per heavy atom. The lowest BCUT2D eigenvalue weighted by Gasteiger charge is -2.30. The maximum Gasteiger partial charge on any atom is 0.165 e. The lowest BCUT2D eigenvalue weighted by molar-refractivity contribution is 0.0911. The van der Waals surface area contributed by atoms with Crippen LogP contribution in [0.25, 0.3) is 16.9 Å². The average Bonchev–Trinajstić information content (AvgIpc) is 2.95. The number of hydrogen-bond donors (Lipinski definition) is 0. The van der Waals surface area contributed by atoms with E-state index in [0.717, 1.165) is 39.1 Å². The Morgan fingerprint density at radius 1 is 0.960 bits per heavy atom. The quantitative estimate of drug-likeness (QED) is 0.518. The smallest absolute Gasteiger partial charge is 0.165 e. The molecule has 4 rings (SSSR count). The highest BCUT2D eigenvalue weighted by atomic mass is 79.9. The van der Waals surface area contributed by atoms with Crippen molar-refractivity contribution in [1.82, 2.24) is 4.57 Å². The van der Waals surface area contributed by atoms with Gasteiger partial charge < -0.3 is 4.57 Å². The number of carbonyl (C=O) groups is 1. The number of hydrogen-bond acceptors (Lipinski definition) is 1. The second kappa shape index (κ2) is 5.99. The monoisotopic (exact) mass is 393 g/mol. The predicted molar refractivity (Wildman–Crippen MR) is 105 cm³/mol. The summed E-state index contributed by atoms with van der Waals surface area (Å²) in [6, 6.07) is 20.7. The van der Waals surface area contributed by atoms with Crippen LogP contribution in [0.2, 0.25) is 0 Å². The van der Waals surface area contributed by atoms with E-state index >= 15 is 0 Å². The number of halogens is 1. The van der Waals surface area contributed by atoms with E-state index in [1.807, 2.05) is 30.3 Å². The molecule has 1 aromatic heterocycles. The summed E-state index contributed by atoms with van der Waals surface area (Å²) >= 11 is 3.51. The van der Waals surface area contributed by atoms with Crippen LogP contribution >= 0.6 is 15.9 Å². The van der Waals surface area contributed by atoms with E-state index in [4.69, 9.17) is 0 Å². The minimum absolute atomic E-state index is 0.0104. The van der Waals surface area contributed by atoms with Gasteiger partial charge in [0.15, 0.2) is 5.78 Å². The highest BCUT2D eigenvalue weighted by Gasteiger charge is 2.34. The molecule has 0 aliphatic heterocycles. The number of aromatic nitrogens is 1. The van der Waals surface area contributed by atoms with Crippen molar-refractivity contribution < 1.29 is 4.79 Å². The summed E-state index contributed by atoms with van der Waals surface area (Å²) in [5.41, 5.74) is 5.30. The summed E-state index contributed by atoms with van der Waals surface area (Å²) < 4.78 is 3.31. The maximum atomic E-state index is 12.8. The molecular weight excluding hydrogens is 374 g/mol. The maximum absolute atomic E-state index is 12.8. The van der Waals surface area contributed by atoms with Gasteiger partial charge in [0.2, 0.25) is 0 Å². The van der Waals surface area contributed by atoms with Gasteiger partial charge in [0.25, 0.3) is 0 Å². The zero-order chi connectivity index (χ0) is 17.6. The van der Waals surface area contributed by atoms with Crippen LogP contribution in [0.3, 0.4) is 0 Å². The van der Waals surface area contributed by atoms with Crippen LogP contribution in [0.5, 0.6) is 0 Å². The molecule has 0 N–H and O–H groups in total. The molecule has 0 amide bonds. The van der Waals surface area contributed by atoms with Crippen LogP contribution in [0, 0.1) is 5.41 Å². The average molecular weight is 394 g/mol. The Morgan fingerprint density at radius 3 is 2.32 bits per heavy atom. The molecule has 2 nitrogen and oxygen atoms in total. The molecule has 0 unspecified atom stereocenters. The lowest BCUT2D eigenvalue weighted by Crippen LogP contribution is -2.27. The van der Waals surface area contributed by atoms with E-state index in [2.05, 4.69) is 64.7 Å². The number of benzene rings is 2. The molecule has 0 atom stereocenters. The van der Waals surface area contributed by atoms with Crippen molar-refractivity contribution in [3.63, 3.8) is 0 Å². The summed E-state index contributed by atoms with van der Waals surface area (Å²) in [5, 5.41) is 0. The third kappa shape index (κ3) is 2.98. The fourth-order valence-electron chi connectivity index (χ4n) is 3.72. The van der Waals surface area contributed by atoms with Gasteiger partial charge in [-0.25, -0.2) is 0 Å². The van der Waals surface area contributed by atoms with Crippen molar-refractivity contribution in [2.24, 2.45) is 5.41 Å². The number of carbonyl (C=O) groups excluding carboxylic acids is 1. The van der Waals surface area contributed by atoms with E-state index in [1.54, 1.807) is 0 Å². The standard InChI is InChI=1S/C22H20BrNO/c1-22(2)13-20-18(21(25)14-22)12-19(15-6-4-3-5-7-15)24(20)17-10-8-16(23)9-11-17/h3-12H,13-14H2,1-2H3. The van der Waals surface area contributed by atoms with Gasteiger partial charge in [0.05, 0.1) is 5.69 Å². The molecule has 0 bridgehead atoms. The van der Waals surface area contributed by atoms with Gasteiger partial charge in [-0.15, -0.1) is 0 Å². The molecule has 2 aromatic carbocycles. The van der Waals surface area contributed by atoms with E-state index in [0.29, 0.717) is 6.42 Å². The highest BCUT2D eigenvalue weighted by molar-refractivity contribution is 9.10. The van der Waals surface area contributed by atoms with Crippen molar-refractivity contribution in [2.45, 2.75) is 26.7 Å². The molecule has 25 heavy (non-hydrogen) atoms. The molecule has 1 heterocycles. The molecule has 1 aliphatic rings. The van der Waals surface area contributed by atoms with Gasteiger partial charge >= 0.3 is 0 Å². The molecule has 0 saturated carbocycles. The number of rotatable bonds is 2. The summed E-state index contributed by atoms with van der Waals surface area (Å²) in [6.07, 6.45) is 1.51. The zero-order valence-electron chi connectivity index (χ0n) is 14.4. The summed E-state index contributed by atoms with van der Waals surface area (Å²) in [6.45, 7) is 4.35. The SMILES string of the molecule is CC1(C)CC(=O)c2cc(-c3ccccc3)n(-c3ccc(Br)cc3)c2C1. The van der Waals surface area contributed by atoms with Gasteiger partial charge in [-0.1, -0.05) is 60.1 Å². The second-order valence-corrected chi connectivity index (χ2v) is 8.42. The molecule has 3 heteroatoms. The van der Waals surface area contributed by atoms with Crippen LogP contribution in [0.15, 0.2) is 65.1 Å². The first kappa shape index (κ1) is 16.3. The number of fused-ring (bicyclic) bond motifs is 1. The van der Waals surface area contributed by atoms with E-state index < -0.39 is 0 Å². The molecule has 126 valence electrons. The summed E-state index contributed by atoms with van der Waals surface area (Å²) in [5.74, 6) is 0.249. The highest BCUT2D eigenvalue weighted by Crippen LogP contribution is 2.40. The lowest BCUT2D eigenvalue weighted by atomic mass is 9.76. The Balaban J connectivity index is 1.99. The van der Waals surface area contributed by atoms with E-state index in [9.17, 15) is 4.79 Å². The third-order valence-electron chi connectivity index (χ3n) is 4.84. The molecular formula is C22H20BrNO. The van der Waals surface area contributed by atoms with Crippen molar-refractivity contribution in [1.29, 1.82) is 0 Å². The summed E-state index contributed by atoms with van der Waals surface area (Å²) in [7, 11) is 0. The van der Waals surface area contributed by atoms with Gasteiger partial charge in [-0.2, -0.15) is 0 Å². The van der Waals surface area contributed by atoms with Gasteiger partial charge in [0.1, 0.15) is 0 Å². The number of Topliss-reactive ketones (excluding diaryl/α,β-unsaturated/α-hetero) is 1. The number of ketones is 1. The zero-order valence-corrected chi connectivity index (χ0v) is 16.0. The van der Waals surface area contributed by atoms with Gasteiger partial charge in [-0.05, 0) is 47.7 Å². The van der Waals surface area contributed by atoms with Crippen LogP contribution in [0.1, 0.15) is 36.3 Å². The normalized spacial score (nSPS) is 15.9. The third-order valence-corrected chi connectivity index (χ3v) is 5.37. The van der Waals surface area contributed by atoms with Crippen LogP contribution in [-0.4, -0.2) is 10.4 Å². The van der Waals surface area contributed by atoms with Crippen molar-refractivity contribution in [3.8, 4) is 16.9 Å². The van der Waals surface area contributed by atoms with Crippen molar-refractivity contribution >= 4 is 21.7 Å². The van der Waals surface area contributed by atoms with Crippen molar-refractivity contribution in [3.05, 3.63) is 76.4 Å². The molecule has 1 aliphatic carbocycles. The Hall–Kier alpha value is -2.13. The summed E-state index contributed by atoms with van der Waals surface area (Å²) in [4.78, 5) is 12.8. The van der Waals surface area contributed by atoms with Crippen LogP contribution in [0.4, 0.5) is 0 Å². The Labute approximate surface area is 156 Å². The van der Waals surface area contributed by atoms with E-state index in [-0.39, 0.29) is 11.2 Å². The molecule has 0 fully saturated rings. The van der Waals surface area contributed by atoms with Gasteiger partial charge in [-0.3, -0.25) is 4.79 Å². The first-order valence-electron chi connectivity index (χ1n) is 8.54. The topological polar surface area (TPSA) is 22.0 Å². The minimum atomic E-state index is -0.0104. The van der Waals surface area contributed by atoms with Crippen LogP contribution in [-0.2, 0) is 6.42 Å². The first-order valence-corrected chi connectivity index (χ1v) is 9.33. The Kier molecular flexibility index (Phi) is 3.92. The second-order valence-electron chi connectivity index (χ2n) is 7.51.